The molecule has 0 saturated carbocycles. The van der Waals surface area contributed by atoms with Gasteiger partial charge in [-0.05, 0) is 48.0 Å². The minimum absolute atomic E-state index is 0.172. The van der Waals surface area contributed by atoms with Crippen LogP contribution in [0.3, 0.4) is 0 Å². The zero-order valence-electron chi connectivity index (χ0n) is 14.4. The highest BCUT2D eigenvalue weighted by Crippen LogP contribution is 2.23. The average Bonchev–Trinajstić information content (AvgIpc) is 2.63. The Balaban J connectivity index is 2.18. The summed E-state index contributed by atoms with van der Waals surface area (Å²) in [6.07, 6.45) is 3.04. The SMILES string of the molecule is CCN(CC)S(=O)(=O)c1ccc(C(=O)/C=C/c2ccc(Cl)c(Cl)c2)cc1. The van der Waals surface area contributed by atoms with Crippen molar-refractivity contribution in [2.45, 2.75) is 18.7 Å². The molecule has 26 heavy (non-hydrogen) atoms. The van der Waals surface area contributed by atoms with Gasteiger partial charge in [-0.3, -0.25) is 4.79 Å². The van der Waals surface area contributed by atoms with Crippen LogP contribution in [0.25, 0.3) is 6.08 Å². The van der Waals surface area contributed by atoms with Gasteiger partial charge in [-0.2, -0.15) is 4.31 Å². The van der Waals surface area contributed by atoms with E-state index in [9.17, 15) is 13.2 Å². The van der Waals surface area contributed by atoms with Crippen LogP contribution in [0.1, 0.15) is 29.8 Å². The molecular weight excluding hydrogens is 393 g/mol. The number of ketones is 1. The van der Waals surface area contributed by atoms with E-state index in [-0.39, 0.29) is 10.7 Å². The predicted molar refractivity (Wildman–Crippen MR) is 106 cm³/mol. The number of hydrogen-bond donors (Lipinski definition) is 0. The molecule has 0 heterocycles. The molecule has 0 bridgehead atoms. The second-order valence-electron chi connectivity index (χ2n) is 5.48. The number of nitrogens with zero attached hydrogens (tertiary/aromatic N) is 1. The van der Waals surface area contributed by atoms with Crippen molar-refractivity contribution in [2.75, 3.05) is 13.1 Å². The molecule has 0 aromatic heterocycles. The molecule has 2 aromatic carbocycles. The maximum atomic E-state index is 12.4. The van der Waals surface area contributed by atoms with Crippen molar-refractivity contribution in [2.24, 2.45) is 0 Å². The molecule has 138 valence electrons. The van der Waals surface area contributed by atoms with E-state index in [1.165, 1.54) is 34.6 Å². The monoisotopic (exact) mass is 411 g/mol. The van der Waals surface area contributed by atoms with Gasteiger partial charge in [0.05, 0.1) is 14.9 Å². The lowest BCUT2D eigenvalue weighted by molar-refractivity contribution is 0.104. The van der Waals surface area contributed by atoms with E-state index in [1.54, 1.807) is 38.1 Å². The van der Waals surface area contributed by atoms with Crippen LogP contribution >= 0.6 is 23.2 Å². The van der Waals surface area contributed by atoms with Gasteiger partial charge in [-0.25, -0.2) is 8.42 Å². The van der Waals surface area contributed by atoms with Crippen molar-refractivity contribution >= 4 is 45.1 Å². The molecule has 0 aliphatic carbocycles. The predicted octanol–water partition coefficient (Wildman–Crippen LogP) is 4.92. The quantitative estimate of drug-likeness (QED) is 0.479. The maximum absolute atomic E-state index is 12.4. The van der Waals surface area contributed by atoms with Gasteiger partial charge in [-0.15, -0.1) is 0 Å². The fourth-order valence-electron chi connectivity index (χ4n) is 2.39. The smallest absolute Gasteiger partial charge is 0.243 e. The van der Waals surface area contributed by atoms with Crippen LogP contribution in [0.5, 0.6) is 0 Å². The lowest BCUT2D eigenvalue weighted by Crippen LogP contribution is -2.30. The number of hydrogen-bond acceptors (Lipinski definition) is 3. The lowest BCUT2D eigenvalue weighted by atomic mass is 10.1. The van der Waals surface area contributed by atoms with Crippen molar-refractivity contribution in [3.63, 3.8) is 0 Å². The summed E-state index contributed by atoms with van der Waals surface area (Å²) in [5.41, 5.74) is 1.15. The van der Waals surface area contributed by atoms with Gasteiger partial charge in [0, 0.05) is 18.7 Å². The third-order valence-corrected chi connectivity index (χ3v) is 6.66. The lowest BCUT2D eigenvalue weighted by Gasteiger charge is -2.18. The summed E-state index contributed by atoms with van der Waals surface area (Å²) in [5.74, 6) is -0.233. The first-order valence-electron chi connectivity index (χ1n) is 8.07. The van der Waals surface area contributed by atoms with Crippen LogP contribution in [0.4, 0.5) is 0 Å². The number of rotatable bonds is 7. The molecule has 0 N–H and O–H groups in total. The standard InChI is InChI=1S/C19H19Cl2NO3S/c1-3-22(4-2)26(24,25)16-9-7-15(8-10-16)19(23)12-6-14-5-11-17(20)18(21)13-14/h5-13H,3-4H2,1-2H3/b12-6+. The van der Waals surface area contributed by atoms with Crippen molar-refractivity contribution in [3.8, 4) is 0 Å². The Kier molecular flexibility index (Phi) is 7.01. The summed E-state index contributed by atoms with van der Waals surface area (Å²) in [6.45, 7) is 4.36. The number of carbonyl (C=O) groups excluding carboxylic acids is 1. The van der Waals surface area contributed by atoms with Crippen LogP contribution in [-0.2, 0) is 10.0 Å². The third-order valence-electron chi connectivity index (χ3n) is 3.85. The van der Waals surface area contributed by atoms with E-state index >= 15 is 0 Å². The fraction of sp³-hybridized carbons (Fsp3) is 0.211. The van der Waals surface area contributed by atoms with Gasteiger partial charge in [0.1, 0.15) is 0 Å². The second kappa shape index (κ2) is 8.82. The molecule has 4 nitrogen and oxygen atoms in total. The third kappa shape index (κ3) is 4.74. The molecule has 0 aliphatic heterocycles. The molecule has 7 heteroatoms. The molecule has 2 rings (SSSR count). The highest BCUT2D eigenvalue weighted by Gasteiger charge is 2.21. The Morgan fingerprint density at radius 3 is 2.15 bits per heavy atom. The highest BCUT2D eigenvalue weighted by molar-refractivity contribution is 7.89. The number of halogens is 2. The molecule has 0 saturated heterocycles. The summed E-state index contributed by atoms with van der Waals surface area (Å²) in [6, 6.07) is 11.0. The summed E-state index contributed by atoms with van der Waals surface area (Å²) in [7, 11) is -3.53. The number of allylic oxidation sites excluding steroid dienone is 1. The summed E-state index contributed by atoms with van der Waals surface area (Å²) in [4.78, 5) is 12.4. The van der Waals surface area contributed by atoms with Crippen molar-refractivity contribution in [1.29, 1.82) is 0 Å². The molecule has 0 fully saturated rings. The molecule has 0 atom stereocenters. The largest absolute Gasteiger partial charge is 0.289 e. The summed E-state index contributed by atoms with van der Waals surface area (Å²) in [5, 5.41) is 0.854. The first-order chi connectivity index (χ1) is 12.3. The average molecular weight is 412 g/mol. The minimum atomic E-state index is -3.53. The van der Waals surface area contributed by atoms with Gasteiger partial charge in [0.25, 0.3) is 0 Å². The topological polar surface area (TPSA) is 54.5 Å². The van der Waals surface area contributed by atoms with Crippen molar-refractivity contribution in [3.05, 3.63) is 69.7 Å². The van der Waals surface area contributed by atoms with Gasteiger partial charge >= 0.3 is 0 Å². The molecule has 2 aromatic rings. The van der Waals surface area contributed by atoms with Gasteiger partial charge in [0.15, 0.2) is 5.78 Å². The minimum Gasteiger partial charge on any atom is -0.289 e. The Morgan fingerprint density at radius 2 is 1.62 bits per heavy atom. The van der Waals surface area contributed by atoms with E-state index in [2.05, 4.69) is 0 Å². The second-order valence-corrected chi connectivity index (χ2v) is 8.24. The van der Waals surface area contributed by atoms with Gasteiger partial charge < -0.3 is 0 Å². The normalized spacial score (nSPS) is 12.0. The van der Waals surface area contributed by atoms with E-state index < -0.39 is 10.0 Å². The van der Waals surface area contributed by atoms with Gasteiger partial charge in [0.2, 0.25) is 10.0 Å². The fourth-order valence-corrected chi connectivity index (χ4v) is 4.15. The number of benzene rings is 2. The molecule has 0 spiro atoms. The number of sulfonamides is 1. The summed E-state index contributed by atoms with van der Waals surface area (Å²) < 4.78 is 26.3. The Bertz CT molecular complexity index is 918. The Hall–Kier alpha value is -1.66. The molecular formula is C19H19Cl2NO3S. The van der Waals surface area contributed by atoms with Crippen molar-refractivity contribution in [1.82, 2.24) is 4.31 Å². The zero-order valence-corrected chi connectivity index (χ0v) is 16.8. The van der Waals surface area contributed by atoms with Crippen molar-refractivity contribution < 1.29 is 13.2 Å². The van der Waals surface area contributed by atoms with E-state index in [4.69, 9.17) is 23.2 Å². The van der Waals surface area contributed by atoms with E-state index in [0.29, 0.717) is 28.7 Å². The number of carbonyl (C=O) groups is 1. The zero-order chi connectivity index (χ0) is 19.3. The molecule has 0 unspecified atom stereocenters. The maximum Gasteiger partial charge on any atom is 0.243 e. The van der Waals surface area contributed by atoms with Crippen LogP contribution < -0.4 is 0 Å². The molecule has 0 amide bonds. The van der Waals surface area contributed by atoms with Crippen LogP contribution in [-0.4, -0.2) is 31.6 Å². The molecule has 0 aliphatic rings. The van der Waals surface area contributed by atoms with E-state index in [0.717, 1.165) is 5.56 Å². The van der Waals surface area contributed by atoms with Gasteiger partial charge in [-0.1, -0.05) is 49.2 Å². The Morgan fingerprint density at radius 1 is 1.00 bits per heavy atom. The van der Waals surface area contributed by atoms with Crippen LogP contribution in [0, 0.1) is 0 Å². The van der Waals surface area contributed by atoms with E-state index in [1.807, 2.05) is 0 Å². The summed E-state index contributed by atoms with van der Waals surface area (Å²) >= 11 is 11.8. The highest BCUT2D eigenvalue weighted by atomic mass is 35.5. The first-order valence-corrected chi connectivity index (χ1v) is 10.3. The van der Waals surface area contributed by atoms with Crippen LogP contribution in [0.2, 0.25) is 10.0 Å². The Labute approximate surface area is 164 Å². The first kappa shape index (κ1) is 20.6. The molecule has 0 radical (unpaired) electrons. The van der Waals surface area contributed by atoms with Crippen LogP contribution in [0.15, 0.2) is 53.4 Å².